The summed E-state index contributed by atoms with van der Waals surface area (Å²) in [6.07, 6.45) is 3.21. The van der Waals surface area contributed by atoms with Crippen molar-refractivity contribution in [2.45, 2.75) is 19.1 Å². The van der Waals surface area contributed by atoms with Crippen LogP contribution in [0, 0.1) is 5.92 Å². The maximum absolute atomic E-state index is 12.6. The predicted octanol–water partition coefficient (Wildman–Crippen LogP) is 2.20. The topological polar surface area (TPSA) is 105 Å². The number of carbonyl (C=O) groups is 1. The number of likely N-dealkylation sites (tertiary alicyclic amines) is 1. The van der Waals surface area contributed by atoms with Crippen molar-refractivity contribution < 1.29 is 14.3 Å². The second kappa shape index (κ2) is 9.34. The smallest absolute Gasteiger partial charge is 0.275 e. The first-order chi connectivity index (χ1) is 12.7. The molecular formula is C19H22Cl2N4O3. The number of hydrogen-bond acceptors (Lipinski definition) is 6. The van der Waals surface area contributed by atoms with Crippen LogP contribution in [0.25, 0.3) is 10.9 Å². The number of oxazole rings is 1. The number of aromatic nitrogens is 2. The summed E-state index contributed by atoms with van der Waals surface area (Å²) < 4.78 is 5.14. The lowest BCUT2D eigenvalue weighted by atomic mass is 9.94. The van der Waals surface area contributed by atoms with E-state index in [-0.39, 0.29) is 55.4 Å². The van der Waals surface area contributed by atoms with Crippen molar-refractivity contribution in [3.05, 3.63) is 59.9 Å². The number of aliphatic hydroxyl groups excluding tert-OH is 1. The Bertz CT molecular complexity index is 944. The molecule has 0 saturated carbocycles. The summed E-state index contributed by atoms with van der Waals surface area (Å²) >= 11 is 0. The van der Waals surface area contributed by atoms with Crippen LogP contribution >= 0.6 is 24.8 Å². The summed E-state index contributed by atoms with van der Waals surface area (Å²) in [5, 5.41) is 11.5. The fraction of sp³-hybridized carbons (Fsp3) is 0.316. The van der Waals surface area contributed by atoms with Crippen LogP contribution in [0.5, 0.6) is 0 Å². The molecule has 7 nitrogen and oxygen atoms in total. The summed E-state index contributed by atoms with van der Waals surface area (Å²) in [6, 6.07) is 9.92. The Morgan fingerprint density at radius 3 is 2.79 bits per heavy atom. The molecule has 0 spiro atoms. The zero-order chi connectivity index (χ0) is 18.1. The molecule has 0 unspecified atom stereocenters. The number of benzene rings is 1. The van der Waals surface area contributed by atoms with E-state index in [1.165, 1.54) is 6.26 Å². The van der Waals surface area contributed by atoms with Crippen molar-refractivity contribution in [3.8, 4) is 0 Å². The number of rotatable bonds is 4. The highest BCUT2D eigenvalue weighted by atomic mass is 35.5. The molecule has 9 heteroatoms. The van der Waals surface area contributed by atoms with E-state index in [1.54, 1.807) is 11.1 Å². The molecule has 1 aliphatic heterocycles. The third kappa shape index (κ3) is 4.28. The molecule has 0 radical (unpaired) electrons. The van der Waals surface area contributed by atoms with E-state index < -0.39 is 6.10 Å². The zero-order valence-corrected chi connectivity index (χ0v) is 16.7. The molecule has 2 aromatic heterocycles. The van der Waals surface area contributed by atoms with Gasteiger partial charge in [0.2, 0.25) is 5.89 Å². The average molecular weight is 425 g/mol. The lowest BCUT2D eigenvalue weighted by Crippen LogP contribution is -2.30. The number of halogens is 2. The number of nitrogens with zero attached hydrogens (tertiary/aromatic N) is 3. The largest absolute Gasteiger partial charge is 0.447 e. The minimum absolute atomic E-state index is 0. The molecule has 0 bridgehead atoms. The van der Waals surface area contributed by atoms with E-state index in [0.717, 1.165) is 16.5 Å². The van der Waals surface area contributed by atoms with Crippen molar-refractivity contribution in [3.63, 3.8) is 0 Å². The number of fused-ring (bicyclic) bond motifs is 1. The van der Waals surface area contributed by atoms with Gasteiger partial charge in [0.15, 0.2) is 5.69 Å². The lowest BCUT2D eigenvalue weighted by Gasteiger charge is -2.15. The van der Waals surface area contributed by atoms with Gasteiger partial charge in [-0.25, -0.2) is 4.98 Å². The standard InChI is InChI=1S/C19H20N4O3.2ClH/c20-8-18-22-16(11-26-18)19(25)23-9-13(17(24)10-23)7-12-5-6-21-15-4-2-1-3-14(12)15;;/h1-6,11,13,17,24H,7-10,20H2;2*1H/t13-,17-;;/m1../s1. The Balaban J connectivity index is 0.00000140. The molecule has 3 heterocycles. The van der Waals surface area contributed by atoms with Gasteiger partial charge < -0.3 is 20.2 Å². The van der Waals surface area contributed by atoms with Crippen LogP contribution in [0.1, 0.15) is 21.9 Å². The van der Waals surface area contributed by atoms with Crippen LogP contribution in [0.15, 0.2) is 47.2 Å². The molecule has 28 heavy (non-hydrogen) atoms. The molecular weight excluding hydrogens is 403 g/mol. The van der Waals surface area contributed by atoms with Crippen LogP contribution < -0.4 is 5.73 Å². The first kappa shape index (κ1) is 22.1. The maximum atomic E-state index is 12.6. The highest BCUT2D eigenvalue weighted by molar-refractivity contribution is 5.92. The number of hydrogen-bond donors (Lipinski definition) is 2. The molecule has 1 fully saturated rings. The van der Waals surface area contributed by atoms with Gasteiger partial charge in [-0.3, -0.25) is 9.78 Å². The summed E-state index contributed by atoms with van der Waals surface area (Å²) in [7, 11) is 0. The van der Waals surface area contributed by atoms with Gasteiger partial charge in [0.05, 0.1) is 18.2 Å². The molecule has 1 aliphatic rings. The number of β-amino-alcohol motifs (C(OH)–C–C–N with tert-alkyl or cyclic N) is 1. The number of amides is 1. The maximum Gasteiger partial charge on any atom is 0.275 e. The minimum Gasteiger partial charge on any atom is -0.447 e. The van der Waals surface area contributed by atoms with Crippen molar-refractivity contribution in [1.29, 1.82) is 0 Å². The van der Waals surface area contributed by atoms with Gasteiger partial charge in [-0.15, -0.1) is 24.8 Å². The van der Waals surface area contributed by atoms with Crippen LogP contribution in [0.4, 0.5) is 0 Å². The van der Waals surface area contributed by atoms with Crippen LogP contribution in [0.2, 0.25) is 0 Å². The van der Waals surface area contributed by atoms with Gasteiger partial charge >= 0.3 is 0 Å². The molecule has 0 aliphatic carbocycles. The Hall–Kier alpha value is -2.19. The number of pyridine rings is 1. The number of para-hydroxylation sites is 1. The van der Waals surface area contributed by atoms with Crippen molar-refractivity contribution in [2.75, 3.05) is 13.1 Å². The monoisotopic (exact) mass is 424 g/mol. The fourth-order valence-corrected chi connectivity index (χ4v) is 3.50. The van der Waals surface area contributed by atoms with E-state index >= 15 is 0 Å². The second-order valence-corrected chi connectivity index (χ2v) is 6.56. The fourth-order valence-electron chi connectivity index (χ4n) is 3.50. The van der Waals surface area contributed by atoms with Crippen LogP contribution in [0.3, 0.4) is 0 Å². The van der Waals surface area contributed by atoms with E-state index in [9.17, 15) is 9.90 Å². The Labute approximate surface area is 174 Å². The first-order valence-electron chi connectivity index (χ1n) is 8.60. The van der Waals surface area contributed by atoms with Gasteiger partial charge in [0.25, 0.3) is 5.91 Å². The highest BCUT2D eigenvalue weighted by Gasteiger charge is 2.35. The van der Waals surface area contributed by atoms with Crippen LogP contribution in [-0.2, 0) is 13.0 Å². The number of aliphatic hydroxyl groups is 1. The van der Waals surface area contributed by atoms with E-state index in [4.69, 9.17) is 10.2 Å². The Morgan fingerprint density at radius 2 is 2.04 bits per heavy atom. The first-order valence-corrected chi connectivity index (χ1v) is 8.60. The molecule has 1 aromatic carbocycles. The van der Waals surface area contributed by atoms with Gasteiger partial charge in [-0.1, -0.05) is 18.2 Å². The molecule has 2 atom stereocenters. The molecule has 1 amide bonds. The van der Waals surface area contributed by atoms with Crippen molar-refractivity contribution >= 4 is 41.6 Å². The number of nitrogens with two attached hydrogens (primary N) is 1. The summed E-state index contributed by atoms with van der Waals surface area (Å²) in [4.78, 5) is 22.6. The van der Waals surface area contributed by atoms with E-state index in [2.05, 4.69) is 9.97 Å². The highest BCUT2D eigenvalue weighted by Crippen LogP contribution is 2.26. The summed E-state index contributed by atoms with van der Waals surface area (Å²) in [6.45, 7) is 0.909. The molecule has 3 N–H and O–H groups in total. The average Bonchev–Trinajstić information content (AvgIpc) is 3.29. The third-order valence-electron chi connectivity index (χ3n) is 4.86. The van der Waals surface area contributed by atoms with Crippen molar-refractivity contribution in [1.82, 2.24) is 14.9 Å². The lowest BCUT2D eigenvalue weighted by molar-refractivity contribution is 0.0759. The molecule has 1 saturated heterocycles. The minimum atomic E-state index is -0.577. The Morgan fingerprint density at radius 1 is 1.25 bits per heavy atom. The SMILES string of the molecule is Cl.Cl.NCc1nc(C(=O)N2C[C@@H](Cc3ccnc4ccccc34)[C@H](O)C2)co1. The quantitative estimate of drug-likeness (QED) is 0.664. The van der Waals surface area contributed by atoms with E-state index in [0.29, 0.717) is 18.9 Å². The predicted molar refractivity (Wildman–Crippen MR) is 110 cm³/mol. The van der Waals surface area contributed by atoms with Gasteiger partial charge in [-0.05, 0) is 24.1 Å². The normalized spacial score (nSPS) is 18.6. The van der Waals surface area contributed by atoms with Gasteiger partial charge in [-0.2, -0.15) is 0 Å². The zero-order valence-electron chi connectivity index (χ0n) is 15.0. The van der Waals surface area contributed by atoms with E-state index in [1.807, 2.05) is 30.3 Å². The summed E-state index contributed by atoms with van der Waals surface area (Å²) in [5.41, 5.74) is 7.75. The van der Waals surface area contributed by atoms with Crippen molar-refractivity contribution in [2.24, 2.45) is 11.7 Å². The Kier molecular flexibility index (Phi) is 7.37. The molecule has 4 rings (SSSR count). The second-order valence-electron chi connectivity index (χ2n) is 6.56. The number of carbonyl (C=O) groups excluding carboxylic acids is 1. The van der Waals surface area contributed by atoms with Crippen LogP contribution in [-0.4, -0.2) is 45.1 Å². The van der Waals surface area contributed by atoms with Gasteiger partial charge in [0.1, 0.15) is 6.26 Å². The summed E-state index contributed by atoms with van der Waals surface area (Å²) in [5.74, 6) is 0.0492. The van der Waals surface area contributed by atoms with Gasteiger partial charge in [0, 0.05) is 30.6 Å². The molecule has 3 aromatic rings. The third-order valence-corrected chi connectivity index (χ3v) is 4.86. The molecule has 150 valence electrons.